The Kier molecular flexibility index (Phi) is 3.40. The molecule has 1 aliphatic rings. The van der Waals surface area contributed by atoms with Crippen LogP contribution in [0, 0.1) is 0 Å². The van der Waals surface area contributed by atoms with Crippen LogP contribution in [0.5, 0.6) is 11.5 Å². The average molecular weight is 273 g/mol. The van der Waals surface area contributed by atoms with Gasteiger partial charge in [-0.2, -0.15) is 0 Å². The van der Waals surface area contributed by atoms with Crippen LogP contribution in [0.25, 0.3) is 0 Å². The quantitative estimate of drug-likeness (QED) is 0.930. The first-order valence-electron chi connectivity index (χ1n) is 6.79. The first-order valence-corrected chi connectivity index (χ1v) is 6.79. The zero-order valence-electron chi connectivity index (χ0n) is 11.8. The number of ether oxygens (including phenoxy) is 2. The largest absolute Gasteiger partial charge is 0.493 e. The Labute approximate surface area is 118 Å². The minimum Gasteiger partial charge on any atom is -0.493 e. The van der Waals surface area contributed by atoms with Gasteiger partial charge in [0.05, 0.1) is 14.2 Å². The molecule has 4 heteroatoms. The van der Waals surface area contributed by atoms with Crippen LogP contribution in [0.2, 0.25) is 0 Å². The van der Waals surface area contributed by atoms with Crippen molar-refractivity contribution in [1.29, 1.82) is 0 Å². The second-order valence-corrected chi connectivity index (χ2v) is 5.03. The van der Waals surface area contributed by atoms with Crippen molar-refractivity contribution in [3.8, 4) is 11.5 Å². The van der Waals surface area contributed by atoms with E-state index >= 15 is 0 Å². The normalized spacial score (nSPS) is 16.4. The maximum Gasteiger partial charge on any atom is 0.161 e. The Morgan fingerprint density at radius 3 is 2.70 bits per heavy atom. The lowest BCUT2D eigenvalue weighted by Gasteiger charge is -2.28. The van der Waals surface area contributed by atoms with Gasteiger partial charge in [0, 0.05) is 31.0 Å². The highest BCUT2D eigenvalue weighted by Gasteiger charge is 2.26. The predicted octanol–water partition coefficient (Wildman–Crippen LogP) is 2.38. The van der Waals surface area contributed by atoms with Gasteiger partial charge in [-0.15, -0.1) is 0 Å². The Bertz CT molecular complexity index is 618. The van der Waals surface area contributed by atoms with Gasteiger partial charge < -0.3 is 19.1 Å². The van der Waals surface area contributed by atoms with Gasteiger partial charge in [-0.05, 0) is 41.8 Å². The monoisotopic (exact) mass is 273 g/mol. The Hall–Kier alpha value is -1.94. The molecule has 4 nitrogen and oxygen atoms in total. The molecule has 0 radical (unpaired) electrons. The van der Waals surface area contributed by atoms with Crippen molar-refractivity contribution in [1.82, 2.24) is 4.57 Å². The molecular weight excluding hydrogens is 254 g/mol. The van der Waals surface area contributed by atoms with Crippen molar-refractivity contribution in [2.75, 3.05) is 20.8 Å². The summed E-state index contributed by atoms with van der Waals surface area (Å²) >= 11 is 0. The van der Waals surface area contributed by atoms with Crippen molar-refractivity contribution in [3.05, 3.63) is 47.3 Å². The van der Waals surface area contributed by atoms with E-state index in [9.17, 15) is 5.11 Å². The number of aliphatic hydroxyl groups excluding tert-OH is 1. The predicted molar refractivity (Wildman–Crippen MR) is 76.6 cm³/mol. The maximum absolute atomic E-state index is 9.37. The molecule has 0 bridgehead atoms. The molecule has 0 saturated heterocycles. The molecule has 2 heterocycles. The van der Waals surface area contributed by atoms with Crippen LogP contribution in [0.1, 0.15) is 29.2 Å². The molecule has 1 unspecified atom stereocenters. The molecule has 1 atom stereocenters. The molecule has 0 aliphatic carbocycles. The van der Waals surface area contributed by atoms with E-state index in [0.29, 0.717) is 6.42 Å². The molecule has 2 aromatic rings. The van der Waals surface area contributed by atoms with Gasteiger partial charge >= 0.3 is 0 Å². The summed E-state index contributed by atoms with van der Waals surface area (Å²) in [6.07, 6.45) is 2.80. The number of hydrogen-bond acceptors (Lipinski definition) is 3. The highest BCUT2D eigenvalue weighted by Crippen LogP contribution is 2.41. The summed E-state index contributed by atoms with van der Waals surface area (Å²) in [4.78, 5) is 0. The van der Waals surface area contributed by atoms with Crippen molar-refractivity contribution in [2.24, 2.45) is 0 Å². The second-order valence-electron chi connectivity index (χ2n) is 5.03. The van der Waals surface area contributed by atoms with E-state index in [4.69, 9.17) is 9.47 Å². The lowest BCUT2D eigenvalue weighted by molar-refractivity contribution is 0.278. The van der Waals surface area contributed by atoms with Gasteiger partial charge in [-0.1, -0.05) is 0 Å². The van der Waals surface area contributed by atoms with Gasteiger partial charge in [0.15, 0.2) is 11.5 Å². The fourth-order valence-corrected chi connectivity index (χ4v) is 3.06. The van der Waals surface area contributed by atoms with E-state index in [0.717, 1.165) is 18.0 Å². The van der Waals surface area contributed by atoms with Crippen molar-refractivity contribution in [3.63, 3.8) is 0 Å². The third-order valence-corrected chi connectivity index (χ3v) is 4.00. The maximum atomic E-state index is 9.37. The van der Waals surface area contributed by atoms with Crippen LogP contribution < -0.4 is 9.47 Å². The fraction of sp³-hybridized carbons (Fsp3) is 0.375. The molecule has 0 saturated carbocycles. The van der Waals surface area contributed by atoms with E-state index in [-0.39, 0.29) is 12.5 Å². The number of benzene rings is 1. The molecule has 0 amide bonds. The minimum absolute atomic E-state index is 0.170. The van der Waals surface area contributed by atoms with Crippen molar-refractivity contribution in [2.45, 2.75) is 18.9 Å². The summed E-state index contributed by atoms with van der Waals surface area (Å²) in [6.45, 7) is 1.00. The van der Waals surface area contributed by atoms with Gasteiger partial charge in [-0.3, -0.25) is 0 Å². The minimum atomic E-state index is 0.170. The van der Waals surface area contributed by atoms with Crippen molar-refractivity contribution < 1.29 is 14.6 Å². The zero-order valence-corrected chi connectivity index (χ0v) is 11.8. The lowest BCUT2D eigenvalue weighted by Crippen LogP contribution is -2.19. The number of hydrogen-bond donors (Lipinski definition) is 1. The Balaban J connectivity index is 2.13. The van der Waals surface area contributed by atoms with Crippen LogP contribution in [0.4, 0.5) is 0 Å². The molecular formula is C16H19NO3. The summed E-state index contributed by atoms with van der Waals surface area (Å²) in [7, 11) is 3.30. The zero-order chi connectivity index (χ0) is 14.1. The third-order valence-electron chi connectivity index (χ3n) is 4.00. The first-order chi connectivity index (χ1) is 9.78. The molecule has 0 spiro atoms. The van der Waals surface area contributed by atoms with Crippen LogP contribution >= 0.6 is 0 Å². The average Bonchev–Trinajstić information content (AvgIpc) is 2.93. The molecule has 1 aliphatic heterocycles. The Morgan fingerprint density at radius 2 is 2.00 bits per heavy atom. The van der Waals surface area contributed by atoms with Crippen molar-refractivity contribution >= 4 is 0 Å². The summed E-state index contributed by atoms with van der Waals surface area (Å²) in [6, 6.07) is 8.27. The second kappa shape index (κ2) is 5.21. The number of aromatic nitrogens is 1. The van der Waals surface area contributed by atoms with E-state index < -0.39 is 0 Å². The van der Waals surface area contributed by atoms with E-state index in [2.05, 4.69) is 22.9 Å². The van der Waals surface area contributed by atoms with E-state index in [1.54, 1.807) is 14.2 Å². The van der Waals surface area contributed by atoms with Gasteiger partial charge in [0.25, 0.3) is 0 Å². The number of nitrogens with zero attached hydrogens (tertiary/aromatic N) is 1. The number of rotatable bonds is 4. The number of fused-ring (bicyclic) bond motifs is 2. The first kappa shape index (κ1) is 13.1. The number of aliphatic hydroxyl groups is 1. The number of methoxy groups -OCH3 is 2. The lowest BCUT2D eigenvalue weighted by atomic mass is 9.86. The van der Waals surface area contributed by atoms with E-state index in [1.165, 1.54) is 16.8 Å². The molecule has 20 heavy (non-hydrogen) atoms. The van der Waals surface area contributed by atoms with E-state index in [1.807, 2.05) is 12.1 Å². The van der Waals surface area contributed by atoms with Gasteiger partial charge in [-0.25, -0.2) is 0 Å². The standard InChI is InChI=1S/C16H19NO3/c1-19-15-8-11-10-17-6-3-4-14(17)12(5-7-18)13(11)9-16(15)20-2/h3-4,6,8-9,12,18H,5,7,10H2,1-2H3. The summed E-state index contributed by atoms with van der Waals surface area (Å²) < 4.78 is 13.0. The molecule has 1 N–H and O–H groups in total. The summed E-state index contributed by atoms with van der Waals surface area (Å²) in [5.74, 6) is 1.71. The molecule has 0 fully saturated rings. The summed E-state index contributed by atoms with van der Waals surface area (Å²) in [5.41, 5.74) is 3.70. The Morgan fingerprint density at radius 1 is 1.25 bits per heavy atom. The topological polar surface area (TPSA) is 43.6 Å². The van der Waals surface area contributed by atoms with Crippen LogP contribution in [-0.2, 0) is 6.54 Å². The fourth-order valence-electron chi connectivity index (χ4n) is 3.06. The highest BCUT2D eigenvalue weighted by atomic mass is 16.5. The smallest absolute Gasteiger partial charge is 0.161 e. The van der Waals surface area contributed by atoms with Gasteiger partial charge in [0.2, 0.25) is 0 Å². The highest BCUT2D eigenvalue weighted by molar-refractivity contribution is 5.52. The molecule has 3 rings (SSSR count). The SMILES string of the molecule is COc1cc2c(cc1OC)C(CCO)c1cccn1C2. The van der Waals surface area contributed by atoms with Crippen LogP contribution in [-0.4, -0.2) is 30.5 Å². The van der Waals surface area contributed by atoms with Crippen LogP contribution in [0.3, 0.4) is 0 Å². The van der Waals surface area contributed by atoms with Crippen LogP contribution in [0.15, 0.2) is 30.5 Å². The molecule has 1 aromatic carbocycles. The molecule has 106 valence electrons. The van der Waals surface area contributed by atoms with Gasteiger partial charge in [0.1, 0.15) is 0 Å². The summed E-state index contributed by atoms with van der Waals surface area (Å²) in [5, 5.41) is 9.37. The molecule has 1 aromatic heterocycles. The third kappa shape index (κ3) is 1.96.